The fourth-order valence-corrected chi connectivity index (χ4v) is 4.21. The van der Waals surface area contributed by atoms with E-state index in [9.17, 15) is 4.79 Å². The van der Waals surface area contributed by atoms with E-state index in [1.807, 2.05) is 65.2 Å². The number of carbonyl (C=O) groups is 1. The van der Waals surface area contributed by atoms with Crippen molar-refractivity contribution in [3.05, 3.63) is 83.4 Å². The Bertz CT molecular complexity index is 1270. The molecule has 1 aromatic heterocycles. The molecule has 0 saturated carbocycles. The maximum Gasteiger partial charge on any atom is 0.255 e. The van der Waals surface area contributed by atoms with Crippen molar-refractivity contribution in [3.63, 3.8) is 0 Å². The zero-order valence-electron chi connectivity index (χ0n) is 20.3. The molecule has 0 aliphatic rings. The molecule has 0 unspecified atom stereocenters. The smallest absolute Gasteiger partial charge is 0.255 e. The van der Waals surface area contributed by atoms with Crippen LogP contribution in [0, 0.1) is 0 Å². The molecule has 4 aromatic rings. The van der Waals surface area contributed by atoms with Gasteiger partial charge in [0.25, 0.3) is 5.91 Å². The van der Waals surface area contributed by atoms with E-state index in [1.54, 1.807) is 7.11 Å². The lowest BCUT2D eigenvalue weighted by molar-refractivity contribution is 0.102. The molecule has 3 N–H and O–H groups in total. The average molecular weight is 493 g/mol. The van der Waals surface area contributed by atoms with Crippen molar-refractivity contribution in [1.82, 2.24) is 9.55 Å². The van der Waals surface area contributed by atoms with Crippen LogP contribution in [0.2, 0.25) is 0 Å². The number of nitrogens with zero attached hydrogens (tertiary/aromatic N) is 2. The number of hydrogen-bond acceptors (Lipinski definition) is 4. The van der Waals surface area contributed by atoms with Gasteiger partial charge in [-0.2, -0.15) is 0 Å². The molecule has 3 aromatic carbocycles. The third kappa shape index (κ3) is 6.34. The summed E-state index contributed by atoms with van der Waals surface area (Å²) in [6, 6.07) is 21.5. The van der Waals surface area contributed by atoms with E-state index >= 15 is 0 Å². The van der Waals surface area contributed by atoms with Gasteiger partial charge in [0.2, 0.25) is 5.95 Å². The van der Waals surface area contributed by atoms with Crippen molar-refractivity contribution in [2.75, 3.05) is 18.2 Å². The third-order valence-electron chi connectivity index (χ3n) is 6.12. The highest BCUT2D eigenvalue weighted by molar-refractivity contribution is 6.05. The number of imidazole rings is 1. The molecule has 0 fully saturated rings. The van der Waals surface area contributed by atoms with E-state index in [2.05, 4.69) is 23.3 Å². The standard InChI is InChI=1S/C28H32N4O2.ClH/c1-3-4-5-8-20-11-13-22(14-12-20)27(33)30-23-15-16-25-24(19-23)31-28(29)32(25)18-17-21-9-6-7-10-26(21)34-2;/h6-7,9-16,19H,3-5,8,17-18H2,1-2H3,(H2,29,31)(H,30,33);1H. The van der Waals surface area contributed by atoms with Crippen LogP contribution >= 0.6 is 12.4 Å². The second kappa shape index (κ2) is 12.3. The Balaban J connectivity index is 0.00000342. The predicted molar refractivity (Wildman–Crippen MR) is 146 cm³/mol. The summed E-state index contributed by atoms with van der Waals surface area (Å²) in [4.78, 5) is 17.3. The van der Waals surface area contributed by atoms with Crippen LogP contribution in [0.25, 0.3) is 11.0 Å². The second-order valence-corrected chi connectivity index (χ2v) is 8.50. The summed E-state index contributed by atoms with van der Waals surface area (Å²) in [5, 5.41) is 2.98. The van der Waals surface area contributed by atoms with Gasteiger partial charge in [0.15, 0.2) is 0 Å². The predicted octanol–water partition coefficient (Wildman–Crippen LogP) is 6.28. The molecule has 1 amide bonds. The molecule has 7 heteroatoms. The minimum atomic E-state index is -0.136. The van der Waals surface area contributed by atoms with Crippen molar-refractivity contribution in [3.8, 4) is 5.75 Å². The largest absolute Gasteiger partial charge is 0.496 e. The summed E-state index contributed by atoms with van der Waals surface area (Å²) in [7, 11) is 1.68. The number of fused-ring (bicyclic) bond motifs is 1. The lowest BCUT2D eigenvalue weighted by Crippen LogP contribution is -2.11. The zero-order valence-corrected chi connectivity index (χ0v) is 21.1. The van der Waals surface area contributed by atoms with Crippen LogP contribution in [-0.2, 0) is 19.4 Å². The van der Waals surface area contributed by atoms with E-state index < -0.39 is 0 Å². The molecule has 0 atom stereocenters. The molecule has 0 bridgehead atoms. The normalized spacial score (nSPS) is 10.7. The lowest BCUT2D eigenvalue weighted by Gasteiger charge is -2.10. The molecule has 0 aliphatic heterocycles. The van der Waals surface area contributed by atoms with Gasteiger partial charge in [-0.3, -0.25) is 4.79 Å². The molecule has 0 saturated heterocycles. The monoisotopic (exact) mass is 492 g/mol. The molecule has 0 spiro atoms. The van der Waals surface area contributed by atoms with E-state index in [4.69, 9.17) is 10.5 Å². The van der Waals surface area contributed by atoms with Crippen LogP contribution < -0.4 is 15.8 Å². The van der Waals surface area contributed by atoms with Crippen LogP contribution in [0.1, 0.15) is 47.7 Å². The Morgan fingerprint density at radius 1 is 1.03 bits per heavy atom. The maximum atomic E-state index is 12.7. The minimum absolute atomic E-state index is 0. The Morgan fingerprint density at radius 3 is 2.54 bits per heavy atom. The molecule has 0 radical (unpaired) electrons. The van der Waals surface area contributed by atoms with Gasteiger partial charge in [-0.15, -0.1) is 12.4 Å². The molecule has 1 heterocycles. The summed E-state index contributed by atoms with van der Waals surface area (Å²) >= 11 is 0. The Labute approximate surface area is 212 Å². The minimum Gasteiger partial charge on any atom is -0.496 e. The maximum absolute atomic E-state index is 12.7. The SMILES string of the molecule is CCCCCc1ccc(C(=O)Nc2ccc3c(c2)nc(N)n3CCc2ccccc2OC)cc1.Cl. The fourth-order valence-electron chi connectivity index (χ4n) is 4.21. The molecule has 6 nitrogen and oxygen atoms in total. The Morgan fingerprint density at radius 2 is 1.80 bits per heavy atom. The third-order valence-corrected chi connectivity index (χ3v) is 6.12. The topological polar surface area (TPSA) is 82.2 Å². The first kappa shape index (κ1) is 26.1. The number of methoxy groups -OCH3 is 1. The zero-order chi connectivity index (χ0) is 23.9. The van der Waals surface area contributed by atoms with Crippen molar-refractivity contribution < 1.29 is 9.53 Å². The number of aromatic nitrogens is 2. The van der Waals surface area contributed by atoms with Crippen molar-refractivity contribution in [1.29, 1.82) is 0 Å². The van der Waals surface area contributed by atoms with Gasteiger partial charge in [-0.25, -0.2) is 4.98 Å². The summed E-state index contributed by atoms with van der Waals surface area (Å²) < 4.78 is 7.44. The number of ether oxygens (including phenoxy) is 1. The number of halogens is 1. The number of anilines is 2. The van der Waals surface area contributed by atoms with Gasteiger partial charge in [-0.05, 0) is 66.8 Å². The average Bonchev–Trinajstić information content (AvgIpc) is 3.17. The lowest BCUT2D eigenvalue weighted by atomic mass is 10.1. The molecule has 4 rings (SSSR count). The first-order chi connectivity index (χ1) is 16.6. The number of unbranched alkanes of at least 4 members (excludes halogenated alkanes) is 2. The van der Waals surface area contributed by atoms with Gasteiger partial charge >= 0.3 is 0 Å². The number of benzene rings is 3. The van der Waals surface area contributed by atoms with Gasteiger partial charge in [0.05, 0.1) is 18.1 Å². The number of nitrogens with two attached hydrogens (primary N) is 1. The fraction of sp³-hybridized carbons (Fsp3) is 0.286. The first-order valence-electron chi connectivity index (χ1n) is 11.9. The molecule has 35 heavy (non-hydrogen) atoms. The van der Waals surface area contributed by atoms with Gasteiger partial charge in [0, 0.05) is 17.8 Å². The molecule has 184 valence electrons. The van der Waals surface area contributed by atoms with E-state index in [-0.39, 0.29) is 18.3 Å². The van der Waals surface area contributed by atoms with Crippen LogP contribution in [0.3, 0.4) is 0 Å². The highest BCUT2D eigenvalue weighted by Gasteiger charge is 2.12. The second-order valence-electron chi connectivity index (χ2n) is 8.50. The van der Waals surface area contributed by atoms with Crippen molar-refractivity contribution in [2.24, 2.45) is 0 Å². The number of para-hydroxylation sites is 1. The van der Waals surface area contributed by atoms with E-state index in [0.29, 0.717) is 23.7 Å². The molecule has 0 aliphatic carbocycles. The number of aryl methyl sites for hydroxylation is 3. The quantitative estimate of drug-likeness (QED) is 0.255. The highest BCUT2D eigenvalue weighted by Crippen LogP contribution is 2.24. The summed E-state index contributed by atoms with van der Waals surface area (Å²) in [6.45, 7) is 2.88. The number of nitrogens with one attached hydrogen (secondary N) is 1. The number of amides is 1. The summed E-state index contributed by atoms with van der Waals surface area (Å²) in [5.74, 6) is 1.18. The van der Waals surface area contributed by atoms with Gasteiger partial charge in [-0.1, -0.05) is 50.1 Å². The van der Waals surface area contributed by atoms with Crippen LogP contribution in [-0.4, -0.2) is 22.6 Å². The summed E-state index contributed by atoms with van der Waals surface area (Å²) in [5.41, 5.74) is 11.6. The van der Waals surface area contributed by atoms with E-state index in [1.165, 1.54) is 24.8 Å². The van der Waals surface area contributed by atoms with Gasteiger partial charge in [0.1, 0.15) is 5.75 Å². The summed E-state index contributed by atoms with van der Waals surface area (Å²) in [6.07, 6.45) is 5.43. The van der Waals surface area contributed by atoms with Crippen molar-refractivity contribution in [2.45, 2.75) is 45.6 Å². The number of hydrogen-bond donors (Lipinski definition) is 2. The van der Waals surface area contributed by atoms with Crippen LogP contribution in [0.5, 0.6) is 5.75 Å². The van der Waals surface area contributed by atoms with Crippen molar-refractivity contribution >= 4 is 41.0 Å². The van der Waals surface area contributed by atoms with Crippen LogP contribution in [0.15, 0.2) is 66.7 Å². The number of nitrogen functional groups attached to an aromatic ring is 1. The van der Waals surface area contributed by atoms with Crippen LogP contribution in [0.4, 0.5) is 11.6 Å². The Kier molecular flexibility index (Phi) is 9.15. The number of rotatable bonds is 10. The van der Waals surface area contributed by atoms with E-state index in [0.717, 1.165) is 35.2 Å². The Hall–Kier alpha value is -3.51. The first-order valence-corrected chi connectivity index (χ1v) is 11.9. The molecular weight excluding hydrogens is 460 g/mol. The van der Waals surface area contributed by atoms with Gasteiger partial charge < -0.3 is 20.4 Å². The number of carbonyl (C=O) groups excluding carboxylic acids is 1. The highest BCUT2D eigenvalue weighted by atomic mass is 35.5. The molecular formula is C28H33ClN4O2.